The summed E-state index contributed by atoms with van der Waals surface area (Å²) in [5.41, 5.74) is 1.63. The highest BCUT2D eigenvalue weighted by Gasteiger charge is 2.28. The molecule has 26 heavy (non-hydrogen) atoms. The van der Waals surface area contributed by atoms with E-state index in [0.717, 1.165) is 31.2 Å². The highest BCUT2D eigenvalue weighted by atomic mass is 16.2. The molecular formula is C20H22N4O2. The zero-order valence-corrected chi connectivity index (χ0v) is 14.6. The molecule has 6 heteroatoms. The molecule has 1 fully saturated rings. The Hall–Kier alpha value is -2.89. The van der Waals surface area contributed by atoms with Gasteiger partial charge in [0, 0.05) is 18.8 Å². The predicted molar refractivity (Wildman–Crippen MR) is 99.0 cm³/mol. The van der Waals surface area contributed by atoms with Crippen LogP contribution in [-0.2, 0) is 6.54 Å². The van der Waals surface area contributed by atoms with Gasteiger partial charge in [-0.15, -0.1) is 0 Å². The normalized spacial score (nSPS) is 15.2. The van der Waals surface area contributed by atoms with E-state index in [4.69, 9.17) is 0 Å². The van der Waals surface area contributed by atoms with Gasteiger partial charge in [0.25, 0.3) is 5.91 Å². The van der Waals surface area contributed by atoms with Crippen molar-refractivity contribution < 1.29 is 4.79 Å². The summed E-state index contributed by atoms with van der Waals surface area (Å²) >= 11 is 0. The second-order valence-corrected chi connectivity index (χ2v) is 6.85. The van der Waals surface area contributed by atoms with Crippen molar-refractivity contribution in [2.24, 2.45) is 0 Å². The summed E-state index contributed by atoms with van der Waals surface area (Å²) in [5, 5.41) is 6.48. The molecule has 0 aliphatic heterocycles. The van der Waals surface area contributed by atoms with Crippen LogP contribution in [0.4, 0.5) is 0 Å². The molecule has 0 radical (unpaired) electrons. The lowest BCUT2D eigenvalue weighted by Crippen LogP contribution is -2.41. The summed E-state index contributed by atoms with van der Waals surface area (Å²) in [7, 11) is 0. The van der Waals surface area contributed by atoms with Crippen LogP contribution in [0.5, 0.6) is 0 Å². The number of aromatic nitrogens is 3. The first kappa shape index (κ1) is 16.6. The number of rotatable bonds is 4. The third-order valence-electron chi connectivity index (χ3n) is 5.15. The van der Waals surface area contributed by atoms with E-state index < -0.39 is 0 Å². The third kappa shape index (κ3) is 3.14. The Morgan fingerprint density at radius 3 is 2.65 bits per heavy atom. The number of nitrogens with one attached hydrogen (secondary N) is 1. The Labute approximate surface area is 151 Å². The van der Waals surface area contributed by atoms with Crippen LogP contribution in [0.3, 0.4) is 0 Å². The minimum Gasteiger partial charge on any atom is -0.331 e. The Kier molecular flexibility index (Phi) is 4.56. The van der Waals surface area contributed by atoms with Crippen molar-refractivity contribution in [3.05, 3.63) is 70.3 Å². The molecule has 2 aromatic heterocycles. The fourth-order valence-electron chi connectivity index (χ4n) is 3.79. The van der Waals surface area contributed by atoms with Gasteiger partial charge in [-0.1, -0.05) is 49.6 Å². The Bertz CT molecular complexity index is 955. The first-order valence-electron chi connectivity index (χ1n) is 9.14. The fraction of sp³-hybridized carbons (Fsp3) is 0.350. The van der Waals surface area contributed by atoms with E-state index in [2.05, 4.69) is 10.2 Å². The van der Waals surface area contributed by atoms with Crippen molar-refractivity contribution in [2.45, 2.75) is 44.7 Å². The molecule has 0 spiro atoms. The zero-order valence-electron chi connectivity index (χ0n) is 14.6. The molecule has 0 atom stereocenters. The molecule has 134 valence electrons. The molecular weight excluding hydrogens is 328 g/mol. The van der Waals surface area contributed by atoms with E-state index in [1.807, 2.05) is 35.2 Å². The van der Waals surface area contributed by atoms with Gasteiger partial charge in [-0.05, 0) is 30.5 Å². The van der Waals surface area contributed by atoms with Crippen LogP contribution < -0.4 is 5.69 Å². The molecule has 1 aliphatic carbocycles. The van der Waals surface area contributed by atoms with Crippen LogP contribution in [0, 0.1) is 0 Å². The number of amides is 1. The van der Waals surface area contributed by atoms with E-state index >= 15 is 0 Å². The van der Waals surface area contributed by atoms with Gasteiger partial charge in [-0.3, -0.25) is 4.79 Å². The number of benzene rings is 1. The van der Waals surface area contributed by atoms with E-state index in [9.17, 15) is 9.59 Å². The SMILES string of the molecule is O=C(c1cccn2c(=O)[nH]nc12)N(Cc1ccccc1)C1CCCCC1. The average Bonchev–Trinajstić information content (AvgIpc) is 3.08. The van der Waals surface area contributed by atoms with E-state index in [-0.39, 0.29) is 17.6 Å². The summed E-state index contributed by atoms with van der Waals surface area (Å²) in [4.78, 5) is 27.2. The maximum atomic E-state index is 13.4. The highest BCUT2D eigenvalue weighted by molar-refractivity contribution is 5.99. The van der Waals surface area contributed by atoms with Crippen LogP contribution in [0.15, 0.2) is 53.5 Å². The van der Waals surface area contributed by atoms with E-state index in [0.29, 0.717) is 17.8 Å². The molecule has 3 aromatic rings. The van der Waals surface area contributed by atoms with Crippen molar-refractivity contribution in [1.29, 1.82) is 0 Å². The van der Waals surface area contributed by atoms with Crippen molar-refractivity contribution >= 4 is 11.6 Å². The van der Waals surface area contributed by atoms with E-state index in [1.165, 1.54) is 10.8 Å². The number of aromatic amines is 1. The molecule has 1 amide bonds. The molecule has 1 saturated carbocycles. The number of carbonyl (C=O) groups is 1. The first-order valence-corrected chi connectivity index (χ1v) is 9.14. The first-order chi connectivity index (χ1) is 12.7. The maximum Gasteiger partial charge on any atom is 0.347 e. The molecule has 1 aromatic carbocycles. The molecule has 4 rings (SSSR count). The van der Waals surface area contributed by atoms with Crippen molar-refractivity contribution in [1.82, 2.24) is 19.5 Å². The lowest BCUT2D eigenvalue weighted by atomic mass is 9.93. The van der Waals surface area contributed by atoms with Crippen molar-refractivity contribution in [3.63, 3.8) is 0 Å². The smallest absolute Gasteiger partial charge is 0.331 e. The lowest BCUT2D eigenvalue weighted by Gasteiger charge is -2.34. The molecule has 1 aliphatic rings. The predicted octanol–water partition coefficient (Wildman–Crippen LogP) is 3.00. The van der Waals surface area contributed by atoms with Gasteiger partial charge in [-0.25, -0.2) is 14.3 Å². The second-order valence-electron chi connectivity index (χ2n) is 6.85. The number of H-pyrrole nitrogens is 1. The highest BCUT2D eigenvalue weighted by Crippen LogP contribution is 2.26. The molecule has 0 unspecified atom stereocenters. The quantitative estimate of drug-likeness (QED) is 0.786. The minimum absolute atomic E-state index is 0.0645. The minimum atomic E-state index is -0.332. The van der Waals surface area contributed by atoms with Gasteiger partial charge in [0.1, 0.15) is 0 Å². The zero-order chi connectivity index (χ0) is 17.9. The van der Waals surface area contributed by atoms with Crippen LogP contribution in [0.25, 0.3) is 5.65 Å². The molecule has 1 N–H and O–H groups in total. The summed E-state index contributed by atoms with van der Waals surface area (Å²) in [5.74, 6) is -0.0645. The van der Waals surface area contributed by atoms with Crippen LogP contribution >= 0.6 is 0 Å². The molecule has 6 nitrogen and oxygen atoms in total. The second kappa shape index (κ2) is 7.15. The monoisotopic (exact) mass is 350 g/mol. The maximum absolute atomic E-state index is 13.4. The Morgan fingerprint density at radius 2 is 1.88 bits per heavy atom. The number of pyridine rings is 1. The summed E-state index contributed by atoms with van der Waals surface area (Å²) < 4.78 is 1.38. The Balaban J connectivity index is 1.72. The number of hydrogen-bond acceptors (Lipinski definition) is 3. The molecule has 2 heterocycles. The molecule has 0 bridgehead atoms. The lowest BCUT2D eigenvalue weighted by molar-refractivity contribution is 0.0615. The van der Waals surface area contributed by atoms with E-state index in [1.54, 1.807) is 18.3 Å². The van der Waals surface area contributed by atoms with Crippen LogP contribution in [0.2, 0.25) is 0 Å². The molecule has 0 saturated heterocycles. The largest absolute Gasteiger partial charge is 0.347 e. The van der Waals surface area contributed by atoms with Crippen molar-refractivity contribution in [2.75, 3.05) is 0 Å². The average molecular weight is 350 g/mol. The van der Waals surface area contributed by atoms with Gasteiger partial charge >= 0.3 is 5.69 Å². The van der Waals surface area contributed by atoms with Crippen molar-refractivity contribution in [3.8, 4) is 0 Å². The van der Waals surface area contributed by atoms with Crippen LogP contribution in [0.1, 0.15) is 48.0 Å². The number of carbonyl (C=O) groups excluding carboxylic acids is 1. The van der Waals surface area contributed by atoms with Gasteiger partial charge in [-0.2, -0.15) is 5.10 Å². The number of nitrogens with zero attached hydrogens (tertiary/aromatic N) is 3. The number of hydrogen-bond donors (Lipinski definition) is 1. The van der Waals surface area contributed by atoms with Crippen LogP contribution in [-0.4, -0.2) is 31.4 Å². The standard InChI is InChI=1S/C20H22N4O2/c25-19(17-12-7-13-23-18(17)21-22-20(23)26)24(16-10-5-2-6-11-16)14-15-8-3-1-4-9-15/h1,3-4,7-9,12-13,16H,2,5-6,10-11,14H2,(H,22,26). The third-order valence-corrected chi connectivity index (χ3v) is 5.15. The number of fused-ring (bicyclic) bond motifs is 1. The summed E-state index contributed by atoms with van der Waals surface area (Å²) in [6, 6.07) is 13.7. The fourth-order valence-corrected chi connectivity index (χ4v) is 3.79. The van der Waals surface area contributed by atoms with Gasteiger partial charge < -0.3 is 4.90 Å². The van der Waals surface area contributed by atoms with Gasteiger partial charge in [0.15, 0.2) is 5.65 Å². The van der Waals surface area contributed by atoms with Gasteiger partial charge in [0.2, 0.25) is 0 Å². The topological polar surface area (TPSA) is 70.5 Å². The Morgan fingerprint density at radius 1 is 1.12 bits per heavy atom. The van der Waals surface area contributed by atoms with Gasteiger partial charge in [0.05, 0.1) is 5.56 Å². The summed E-state index contributed by atoms with van der Waals surface area (Å²) in [6.45, 7) is 0.569. The summed E-state index contributed by atoms with van der Waals surface area (Å²) in [6.07, 6.45) is 7.20.